The summed E-state index contributed by atoms with van der Waals surface area (Å²) in [6.45, 7) is 2.95. The number of aliphatic hydroxyl groups excluding tert-OH is 1. The third-order valence-corrected chi connectivity index (χ3v) is 9.45. The van der Waals surface area contributed by atoms with Gasteiger partial charge in [0.1, 0.15) is 6.61 Å². The van der Waals surface area contributed by atoms with Crippen LogP contribution in [0.15, 0.2) is 0 Å². The Morgan fingerprint density at radius 2 is 0.896 bits per heavy atom. The molecule has 0 saturated heterocycles. The molecule has 0 aromatic rings. The first-order valence-electron chi connectivity index (χ1n) is 19.4. The van der Waals surface area contributed by atoms with Crippen LogP contribution in [0.25, 0.3) is 0 Å². The molecule has 281 valence electrons. The van der Waals surface area contributed by atoms with E-state index in [2.05, 4.69) is 18.4 Å². The molecule has 0 aromatic carbocycles. The first-order valence-corrected chi connectivity index (χ1v) is 20.9. The summed E-state index contributed by atoms with van der Waals surface area (Å²) >= 11 is 0. The number of phosphoric acid groups is 1. The van der Waals surface area contributed by atoms with Crippen molar-refractivity contribution < 1.29 is 42.7 Å². The van der Waals surface area contributed by atoms with Crippen molar-refractivity contribution in [1.29, 1.82) is 0 Å². The van der Waals surface area contributed by atoms with Crippen LogP contribution in [0.2, 0.25) is 0 Å². The Hall–Kier alpha value is 0.0100. The number of carbonyl (C=O) groups excluding carboxylic acids is 2. The third-order valence-electron chi connectivity index (χ3n) is 8.47. The van der Waals surface area contributed by atoms with Crippen LogP contribution in [-0.4, -0.2) is 84.0 Å². The van der Waals surface area contributed by atoms with Gasteiger partial charge in [-0.15, -0.1) is 0 Å². The maximum atomic E-state index is 12.5. The first-order chi connectivity index (χ1) is 22.8. The minimum Gasteiger partial charge on any atom is -0.462 e. The van der Waals surface area contributed by atoms with Crippen molar-refractivity contribution in [3.8, 4) is 0 Å². The molecule has 0 saturated carbocycles. The Labute approximate surface area is 316 Å². The molecule has 0 aliphatic rings. The minimum absolute atomic E-state index is 0. The molecule has 0 rings (SSSR count). The molecule has 0 aliphatic carbocycles. The number of ether oxygens (including phenoxy) is 2. The summed E-state index contributed by atoms with van der Waals surface area (Å²) in [4.78, 5) is 34.6. The van der Waals surface area contributed by atoms with E-state index in [1.165, 1.54) is 122 Å². The molecule has 0 aliphatic heterocycles. The zero-order chi connectivity index (χ0) is 34.7. The molecule has 1 unspecified atom stereocenters. The molecule has 1 radical (unpaired) electrons. The molecule has 11 heteroatoms. The Morgan fingerprint density at radius 1 is 0.542 bits per heavy atom. The predicted octanol–water partition coefficient (Wildman–Crippen LogP) is 10.1. The van der Waals surface area contributed by atoms with Crippen LogP contribution >= 0.6 is 7.82 Å². The Balaban J connectivity index is 0. The third kappa shape index (κ3) is 37.3. The van der Waals surface area contributed by atoms with Gasteiger partial charge in [0.2, 0.25) is 0 Å². The maximum Gasteiger partial charge on any atom is 0.472 e. The SMILES string of the molecule is CCCCCCCCCCCCCCCC(=O)OC[C@H](COP(=O)(O)OCCO)OC(=O)CCCCCCCCCCCCCCC.[Na]. The van der Waals surface area contributed by atoms with Gasteiger partial charge in [0.05, 0.1) is 19.8 Å². The number of rotatable bonds is 37. The number of esters is 2. The van der Waals surface area contributed by atoms with Crippen LogP contribution in [0.3, 0.4) is 0 Å². The van der Waals surface area contributed by atoms with Crippen molar-refractivity contribution in [3.63, 3.8) is 0 Å². The average Bonchev–Trinajstić information content (AvgIpc) is 3.05. The molecule has 2 N–H and O–H groups in total. The van der Waals surface area contributed by atoms with Crippen molar-refractivity contribution in [2.24, 2.45) is 0 Å². The van der Waals surface area contributed by atoms with Crippen LogP contribution in [0.1, 0.15) is 194 Å². The summed E-state index contributed by atoms with van der Waals surface area (Å²) in [5, 5.41) is 8.84. The van der Waals surface area contributed by atoms with Crippen LogP contribution < -0.4 is 0 Å². The number of unbranched alkanes of at least 4 members (excludes halogenated alkanes) is 24. The van der Waals surface area contributed by atoms with E-state index < -0.39 is 39.1 Å². The molecule has 0 aromatic heterocycles. The van der Waals surface area contributed by atoms with E-state index in [1.807, 2.05) is 0 Å². The van der Waals surface area contributed by atoms with Gasteiger partial charge in [-0.05, 0) is 12.8 Å². The van der Waals surface area contributed by atoms with Crippen molar-refractivity contribution in [1.82, 2.24) is 0 Å². The van der Waals surface area contributed by atoms with Crippen LogP contribution in [0.5, 0.6) is 0 Å². The first kappa shape index (κ1) is 50.1. The summed E-state index contributed by atoms with van der Waals surface area (Å²) in [6.07, 6.45) is 31.0. The van der Waals surface area contributed by atoms with Gasteiger partial charge in [0, 0.05) is 42.4 Å². The summed E-state index contributed by atoms with van der Waals surface area (Å²) in [6, 6.07) is 0. The van der Waals surface area contributed by atoms with Gasteiger partial charge in [-0.3, -0.25) is 18.6 Å². The van der Waals surface area contributed by atoms with Crippen LogP contribution in [-0.2, 0) is 32.7 Å². The van der Waals surface area contributed by atoms with Gasteiger partial charge < -0.3 is 19.5 Å². The largest absolute Gasteiger partial charge is 0.472 e. The van der Waals surface area contributed by atoms with Gasteiger partial charge in [-0.25, -0.2) is 4.57 Å². The molecule has 0 spiro atoms. The Kier molecular flexibility index (Phi) is 39.9. The zero-order valence-corrected chi connectivity index (χ0v) is 34.3. The van der Waals surface area contributed by atoms with Crippen LogP contribution in [0.4, 0.5) is 0 Å². The van der Waals surface area contributed by atoms with E-state index >= 15 is 0 Å². The minimum atomic E-state index is -4.44. The van der Waals surface area contributed by atoms with Gasteiger partial charge in [0.25, 0.3) is 0 Å². The van der Waals surface area contributed by atoms with E-state index in [9.17, 15) is 19.0 Å². The predicted molar refractivity (Wildman–Crippen MR) is 196 cm³/mol. The maximum absolute atomic E-state index is 12.5. The standard InChI is InChI=1S/C37H73O9P.Na/c1-3-5-7-9-11-13-15-17-19-21-23-25-27-29-36(39)43-33-35(34-45-47(41,42)44-32-31-38)46-37(40)30-28-26-24-22-20-18-16-14-12-10-8-6-4-2;/h35,38H,3-34H2,1-2H3,(H,41,42);/t35-;/m1./s1. The number of hydrogen-bond acceptors (Lipinski definition) is 8. The van der Waals surface area contributed by atoms with E-state index in [-0.39, 0.29) is 55.6 Å². The smallest absolute Gasteiger partial charge is 0.462 e. The fourth-order valence-electron chi connectivity index (χ4n) is 5.56. The second-order valence-electron chi connectivity index (χ2n) is 13.1. The molecule has 0 bridgehead atoms. The number of carbonyl (C=O) groups is 2. The van der Waals surface area contributed by atoms with E-state index in [0.29, 0.717) is 6.42 Å². The molecular formula is C37H73NaO9P. The molecule has 2 atom stereocenters. The fraction of sp³-hybridized carbons (Fsp3) is 0.946. The monoisotopic (exact) mass is 715 g/mol. The number of hydrogen-bond donors (Lipinski definition) is 2. The van der Waals surface area contributed by atoms with Gasteiger partial charge in [-0.2, -0.15) is 0 Å². The van der Waals surface area contributed by atoms with Gasteiger partial charge in [-0.1, -0.05) is 168 Å². The molecule has 0 heterocycles. The summed E-state index contributed by atoms with van der Waals surface area (Å²) in [5.74, 6) is -0.854. The molecule has 0 amide bonds. The second-order valence-corrected chi connectivity index (χ2v) is 14.6. The number of phosphoric ester groups is 1. The van der Waals surface area contributed by atoms with Crippen molar-refractivity contribution >= 4 is 49.3 Å². The fourth-order valence-corrected chi connectivity index (χ4v) is 6.31. The summed E-state index contributed by atoms with van der Waals surface area (Å²) in [7, 11) is -4.44. The van der Waals surface area contributed by atoms with Crippen molar-refractivity contribution in [3.05, 3.63) is 0 Å². The summed E-state index contributed by atoms with van der Waals surface area (Å²) < 4.78 is 32.4. The van der Waals surface area contributed by atoms with E-state index in [0.717, 1.165) is 38.5 Å². The summed E-state index contributed by atoms with van der Waals surface area (Å²) in [5.41, 5.74) is 0. The molecule has 48 heavy (non-hydrogen) atoms. The van der Waals surface area contributed by atoms with Crippen LogP contribution in [0, 0.1) is 0 Å². The average molecular weight is 716 g/mol. The molecule has 0 fully saturated rings. The van der Waals surface area contributed by atoms with Gasteiger partial charge in [0.15, 0.2) is 6.10 Å². The van der Waals surface area contributed by atoms with Crippen molar-refractivity contribution in [2.75, 3.05) is 26.4 Å². The Morgan fingerprint density at radius 3 is 1.27 bits per heavy atom. The zero-order valence-electron chi connectivity index (χ0n) is 31.4. The topological polar surface area (TPSA) is 129 Å². The number of aliphatic hydroxyl groups is 1. The van der Waals surface area contributed by atoms with E-state index in [4.69, 9.17) is 19.1 Å². The Bertz CT molecular complexity index is 756. The molecular weight excluding hydrogens is 642 g/mol. The normalized spacial score (nSPS) is 13.1. The van der Waals surface area contributed by atoms with Gasteiger partial charge >= 0.3 is 19.8 Å². The quantitative estimate of drug-likeness (QED) is 0.0279. The van der Waals surface area contributed by atoms with Crippen molar-refractivity contribution in [2.45, 2.75) is 200 Å². The second kappa shape index (κ2) is 38.2. The molecule has 9 nitrogen and oxygen atoms in total. The van der Waals surface area contributed by atoms with E-state index in [1.54, 1.807) is 0 Å².